The summed E-state index contributed by atoms with van der Waals surface area (Å²) in [6.07, 6.45) is 0. The minimum absolute atomic E-state index is 0.0379. The summed E-state index contributed by atoms with van der Waals surface area (Å²) in [4.78, 5) is 10.8. The zero-order chi connectivity index (χ0) is 12.3. The minimum atomic E-state index is -3.32. The number of aliphatic carboxylic acids is 1. The molecule has 0 saturated heterocycles. The first-order valence-corrected chi connectivity index (χ1v) is 5.40. The maximum Gasteiger partial charge on any atom is 0.372 e. The Kier molecular flexibility index (Phi) is 3.34. The topological polar surface area (TPSA) is 101 Å². The third-order valence-corrected chi connectivity index (χ3v) is 2.86. The highest BCUT2D eigenvalue weighted by molar-refractivity contribution is 7.34. The summed E-state index contributed by atoms with van der Waals surface area (Å²) in [5, 5.41) is 15.5. The molecule has 1 aromatic carbocycles. The van der Waals surface area contributed by atoms with E-state index in [2.05, 4.69) is 0 Å². The molecule has 1 atom stereocenters. The van der Waals surface area contributed by atoms with Gasteiger partial charge in [-0.3, -0.25) is 0 Å². The molecule has 1 unspecified atom stereocenters. The molecular formula is C9H9O6P. The zero-order valence-electron chi connectivity index (χ0n) is 8.28. The fourth-order valence-corrected chi connectivity index (χ4v) is 1.27. The number of hydrogen-bond donors (Lipinski definition) is 2. The number of carboxylic acids is 1. The lowest BCUT2D eigenvalue weighted by molar-refractivity contribution is -0.147. The number of ether oxygens (including phenoxy) is 1. The van der Waals surface area contributed by atoms with Crippen molar-refractivity contribution in [3.8, 4) is 11.5 Å². The van der Waals surface area contributed by atoms with Gasteiger partial charge in [-0.15, -0.1) is 0 Å². The van der Waals surface area contributed by atoms with E-state index in [1.165, 1.54) is 18.2 Å². The van der Waals surface area contributed by atoms with Gasteiger partial charge in [0.05, 0.1) is 0 Å². The Morgan fingerprint density at radius 3 is 2.50 bits per heavy atom. The van der Waals surface area contributed by atoms with Crippen LogP contribution in [0.5, 0.6) is 11.5 Å². The van der Waals surface area contributed by atoms with Gasteiger partial charge in [0.2, 0.25) is 0 Å². The highest BCUT2D eigenvalue weighted by Crippen LogP contribution is 2.33. The van der Waals surface area contributed by atoms with Gasteiger partial charge in [0, 0.05) is 13.0 Å². The highest BCUT2D eigenvalue weighted by Gasteiger charge is 2.42. The first-order chi connectivity index (χ1) is 7.36. The van der Waals surface area contributed by atoms with E-state index in [0.29, 0.717) is 0 Å². The molecule has 1 rings (SSSR count). The molecule has 0 aliphatic carbocycles. The molecule has 0 heterocycles. The van der Waals surface area contributed by atoms with E-state index in [-0.39, 0.29) is 11.5 Å². The lowest BCUT2D eigenvalue weighted by Gasteiger charge is -2.18. The number of benzene rings is 1. The Morgan fingerprint density at radius 2 is 2.06 bits per heavy atom. The lowest BCUT2D eigenvalue weighted by Crippen LogP contribution is -2.36. The molecule has 0 radical (unpaired) electrons. The van der Waals surface area contributed by atoms with Gasteiger partial charge in [0.15, 0.2) is 0 Å². The largest absolute Gasteiger partial charge is 0.508 e. The number of phenolic OH excluding ortho intramolecular Hbond substituents is 1. The monoisotopic (exact) mass is 244 g/mol. The molecule has 6 nitrogen and oxygen atoms in total. The van der Waals surface area contributed by atoms with E-state index in [1.54, 1.807) is 0 Å². The van der Waals surface area contributed by atoms with Crippen LogP contribution in [-0.2, 0) is 13.9 Å². The van der Waals surface area contributed by atoms with E-state index in [4.69, 9.17) is 14.9 Å². The maximum atomic E-state index is 10.8. The van der Waals surface area contributed by atoms with Crippen molar-refractivity contribution in [2.75, 3.05) is 0 Å². The van der Waals surface area contributed by atoms with E-state index in [1.807, 2.05) is 0 Å². The molecule has 0 amide bonds. The molecule has 2 N–H and O–H groups in total. The quantitative estimate of drug-likeness (QED) is 0.782. The number of rotatable bonds is 4. The second-order valence-corrected chi connectivity index (χ2v) is 4.51. The van der Waals surface area contributed by atoms with Gasteiger partial charge in [-0.05, 0) is 12.1 Å². The SMILES string of the molecule is CC(Oc1cccc(O)c1)(C(=O)O)P(=O)=O. The fraction of sp³-hybridized carbons (Fsp3) is 0.222. The average molecular weight is 244 g/mol. The van der Waals surface area contributed by atoms with Crippen LogP contribution in [0.1, 0.15) is 6.92 Å². The second-order valence-electron chi connectivity index (χ2n) is 3.14. The van der Waals surface area contributed by atoms with Crippen LogP contribution in [0.3, 0.4) is 0 Å². The number of carbonyl (C=O) groups is 1. The second kappa shape index (κ2) is 4.37. The third kappa shape index (κ3) is 2.41. The van der Waals surface area contributed by atoms with Gasteiger partial charge in [-0.25, -0.2) is 13.9 Å². The Labute approximate surface area is 91.3 Å². The van der Waals surface area contributed by atoms with Crippen LogP contribution < -0.4 is 4.74 Å². The summed E-state index contributed by atoms with van der Waals surface area (Å²) < 4.78 is 26.5. The molecule has 0 spiro atoms. The molecule has 0 aliphatic heterocycles. The number of phenols is 1. The first kappa shape index (κ1) is 12.3. The van der Waals surface area contributed by atoms with Crippen molar-refractivity contribution in [3.63, 3.8) is 0 Å². The molecule has 7 heteroatoms. The van der Waals surface area contributed by atoms with Crippen molar-refractivity contribution < 1.29 is 28.9 Å². The number of carboxylic acid groups (broad SMARTS) is 1. The molecule has 1 aromatic rings. The molecule has 16 heavy (non-hydrogen) atoms. The van der Waals surface area contributed by atoms with Gasteiger partial charge in [-0.2, -0.15) is 0 Å². The molecular weight excluding hydrogens is 235 g/mol. The molecule has 0 aliphatic rings. The smallest absolute Gasteiger partial charge is 0.372 e. The summed E-state index contributed by atoms with van der Waals surface area (Å²) in [6.45, 7) is 0.922. The Morgan fingerprint density at radius 1 is 1.44 bits per heavy atom. The normalized spacial score (nSPS) is 13.8. The van der Waals surface area contributed by atoms with E-state index in [9.17, 15) is 13.9 Å². The average Bonchev–Trinajstić information content (AvgIpc) is 2.16. The Balaban J connectivity index is 3.07. The van der Waals surface area contributed by atoms with Crippen molar-refractivity contribution in [1.82, 2.24) is 0 Å². The molecule has 0 bridgehead atoms. The Hall–Kier alpha value is -1.81. The van der Waals surface area contributed by atoms with Crippen LogP contribution in [0.2, 0.25) is 0 Å². The molecule has 86 valence electrons. The van der Waals surface area contributed by atoms with Crippen molar-refractivity contribution in [3.05, 3.63) is 24.3 Å². The van der Waals surface area contributed by atoms with Crippen molar-refractivity contribution >= 4 is 13.6 Å². The maximum absolute atomic E-state index is 10.8. The van der Waals surface area contributed by atoms with Crippen LogP contribution in [0.4, 0.5) is 0 Å². The summed E-state index contributed by atoms with van der Waals surface area (Å²) >= 11 is 0. The summed E-state index contributed by atoms with van der Waals surface area (Å²) in [5.41, 5.74) is 0. The summed E-state index contributed by atoms with van der Waals surface area (Å²) in [7, 11) is -3.32. The molecule has 0 aromatic heterocycles. The summed E-state index contributed by atoms with van der Waals surface area (Å²) in [5.74, 6) is -1.80. The lowest BCUT2D eigenvalue weighted by atomic mass is 10.3. The van der Waals surface area contributed by atoms with Gasteiger partial charge in [0.1, 0.15) is 11.5 Å². The van der Waals surface area contributed by atoms with Crippen LogP contribution >= 0.6 is 7.68 Å². The first-order valence-electron chi connectivity index (χ1n) is 4.22. The van der Waals surface area contributed by atoms with Crippen molar-refractivity contribution in [2.45, 2.75) is 12.3 Å². The number of hydrogen-bond acceptors (Lipinski definition) is 5. The van der Waals surface area contributed by atoms with Crippen LogP contribution in [0.15, 0.2) is 24.3 Å². The van der Waals surface area contributed by atoms with Crippen molar-refractivity contribution in [2.24, 2.45) is 0 Å². The zero-order valence-corrected chi connectivity index (χ0v) is 9.18. The fourth-order valence-electron chi connectivity index (χ4n) is 0.935. The van der Waals surface area contributed by atoms with E-state index >= 15 is 0 Å². The predicted octanol–water partition coefficient (Wildman–Crippen LogP) is 1.74. The van der Waals surface area contributed by atoms with Crippen LogP contribution in [0.25, 0.3) is 0 Å². The van der Waals surface area contributed by atoms with Gasteiger partial charge in [0.25, 0.3) is 0 Å². The molecule has 0 saturated carbocycles. The third-order valence-electron chi connectivity index (χ3n) is 1.88. The predicted molar refractivity (Wildman–Crippen MR) is 53.1 cm³/mol. The van der Waals surface area contributed by atoms with E-state index < -0.39 is 19.0 Å². The van der Waals surface area contributed by atoms with Gasteiger partial charge < -0.3 is 14.9 Å². The summed E-state index contributed by atoms with van der Waals surface area (Å²) in [6, 6.07) is 5.23. The highest BCUT2D eigenvalue weighted by atomic mass is 31.1. The Bertz CT molecular complexity index is 473. The molecule has 0 fully saturated rings. The van der Waals surface area contributed by atoms with Crippen molar-refractivity contribution in [1.29, 1.82) is 0 Å². The van der Waals surface area contributed by atoms with E-state index in [0.717, 1.165) is 13.0 Å². The standard InChI is InChI=1S/C9H9O6P/c1-9(8(11)12,16(13)14)15-7-4-2-3-6(10)5-7/h2-5,10H,1H3,(H,11,12). The number of aromatic hydroxyl groups is 1. The van der Waals surface area contributed by atoms with Crippen LogP contribution in [-0.4, -0.2) is 21.5 Å². The minimum Gasteiger partial charge on any atom is -0.508 e. The van der Waals surface area contributed by atoms with Gasteiger partial charge in [-0.1, -0.05) is 6.07 Å². The van der Waals surface area contributed by atoms with Gasteiger partial charge >= 0.3 is 19.0 Å². The van der Waals surface area contributed by atoms with Crippen LogP contribution in [0, 0.1) is 0 Å².